The van der Waals surface area contributed by atoms with Crippen LogP contribution in [-0.4, -0.2) is 24.8 Å². The molecule has 0 radical (unpaired) electrons. The van der Waals surface area contributed by atoms with Gasteiger partial charge >= 0.3 is 6.18 Å². The summed E-state index contributed by atoms with van der Waals surface area (Å²) in [5.41, 5.74) is -0.0474. The first-order valence-electron chi connectivity index (χ1n) is 7.89. The molecule has 0 heterocycles. The van der Waals surface area contributed by atoms with Crippen LogP contribution in [0.3, 0.4) is 0 Å². The molecule has 0 aromatic heterocycles. The fraction of sp³-hybridized carbons (Fsp3) is 0.263. The van der Waals surface area contributed by atoms with Crippen molar-refractivity contribution in [1.82, 2.24) is 4.90 Å². The van der Waals surface area contributed by atoms with Crippen LogP contribution in [0.1, 0.15) is 23.6 Å². The summed E-state index contributed by atoms with van der Waals surface area (Å²) in [6, 6.07) is 10.3. The zero-order chi connectivity index (χ0) is 19.3. The standard InChI is InChI=1S/C19H18F3N3O/c1-4-25(3)12-24-16-10-15(19(20,21)22)18(9-13(16)2)26-17-8-6-5-7-14(17)11-23/h5-10,12H,4H2,1-3H3. The zero-order valence-electron chi connectivity index (χ0n) is 14.6. The molecule has 0 aliphatic heterocycles. The highest BCUT2D eigenvalue weighted by atomic mass is 19.4. The second-order valence-electron chi connectivity index (χ2n) is 5.66. The number of halogens is 3. The molecule has 0 saturated heterocycles. The molecule has 0 aliphatic carbocycles. The molecular formula is C19H18F3N3O. The Morgan fingerprint density at radius 3 is 2.54 bits per heavy atom. The highest BCUT2D eigenvalue weighted by molar-refractivity contribution is 5.65. The van der Waals surface area contributed by atoms with Crippen LogP contribution in [0.4, 0.5) is 18.9 Å². The van der Waals surface area contributed by atoms with E-state index in [0.29, 0.717) is 12.1 Å². The predicted molar refractivity (Wildman–Crippen MR) is 93.9 cm³/mol. The average Bonchev–Trinajstić information content (AvgIpc) is 2.60. The minimum atomic E-state index is -4.62. The van der Waals surface area contributed by atoms with Crippen molar-refractivity contribution in [3.63, 3.8) is 0 Å². The second-order valence-corrected chi connectivity index (χ2v) is 5.66. The van der Waals surface area contributed by atoms with Gasteiger partial charge in [-0.15, -0.1) is 0 Å². The molecule has 2 aromatic rings. The minimum Gasteiger partial charge on any atom is -0.455 e. The van der Waals surface area contributed by atoms with Crippen molar-refractivity contribution in [2.45, 2.75) is 20.0 Å². The van der Waals surface area contributed by atoms with E-state index in [9.17, 15) is 13.2 Å². The van der Waals surface area contributed by atoms with Crippen molar-refractivity contribution >= 4 is 12.0 Å². The Labute approximate surface area is 150 Å². The monoisotopic (exact) mass is 361 g/mol. The maximum atomic E-state index is 13.5. The number of rotatable bonds is 5. The molecule has 2 rings (SSSR count). The number of aliphatic imine (C=N–C) groups is 1. The molecule has 0 fully saturated rings. The fourth-order valence-electron chi connectivity index (χ4n) is 2.12. The Bertz CT molecular complexity index is 854. The Morgan fingerprint density at radius 1 is 1.23 bits per heavy atom. The third-order valence-corrected chi connectivity index (χ3v) is 3.72. The van der Waals surface area contributed by atoms with Gasteiger partial charge in [-0.05, 0) is 43.7 Å². The lowest BCUT2D eigenvalue weighted by atomic mass is 10.1. The molecule has 0 bridgehead atoms. The number of benzene rings is 2. The van der Waals surface area contributed by atoms with E-state index in [2.05, 4.69) is 4.99 Å². The summed E-state index contributed by atoms with van der Waals surface area (Å²) in [7, 11) is 1.78. The molecular weight excluding hydrogens is 343 g/mol. The van der Waals surface area contributed by atoms with Gasteiger partial charge in [0.2, 0.25) is 0 Å². The molecule has 7 heteroatoms. The van der Waals surface area contributed by atoms with E-state index in [1.165, 1.54) is 24.5 Å². The van der Waals surface area contributed by atoms with Gasteiger partial charge in [-0.2, -0.15) is 18.4 Å². The molecule has 2 aromatic carbocycles. The number of nitriles is 1. The first-order chi connectivity index (χ1) is 12.3. The largest absolute Gasteiger partial charge is 0.455 e. The van der Waals surface area contributed by atoms with Crippen LogP contribution < -0.4 is 4.74 Å². The molecule has 0 unspecified atom stereocenters. The summed E-state index contributed by atoms with van der Waals surface area (Å²) in [6.45, 7) is 4.24. The Morgan fingerprint density at radius 2 is 1.92 bits per heavy atom. The normalized spacial score (nSPS) is 11.4. The van der Waals surface area contributed by atoms with E-state index in [1.807, 2.05) is 13.0 Å². The van der Waals surface area contributed by atoms with Gasteiger partial charge < -0.3 is 9.64 Å². The van der Waals surface area contributed by atoms with Crippen LogP contribution in [0.15, 0.2) is 41.4 Å². The topological polar surface area (TPSA) is 48.6 Å². The third-order valence-electron chi connectivity index (χ3n) is 3.72. The van der Waals surface area contributed by atoms with Crippen LogP contribution in [0.5, 0.6) is 11.5 Å². The molecule has 26 heavy (non-hydrogen) atoms. The number of hydrogen-bond acceptors (Lipinski definition) is 3. The summed E-state index contributed by atoms with van der Waals surface area (Å²) in [5.74, 6) is -0.289. The molecule has 4 nitrogen and oxygen atoms in total. The van der Waals surface area contributed by atoms with Crippen LogP contribution in [-0.2, 0) is 6.18 Å². The zero-order valence-corrected chi connectivity index (χ0v) is 14.6. The van der Waals surface area contributed by atoms with E-state index >= 15 is 0 Å². The second kappa shape index (κ2) is 7.91. The number of nitrogens with zero attached hydrogens (tertiary/aromatic N) is 3. The van der Waals surface area contributed by atoms with Gasteiger partial charge in [0, 0.05) is 13.6 Å². The smallest absolute Gasteiger partial charge is 0.420 e. The number of hydrogen-bond donors (Lipinski definition) is 0. The fourth-order valence-corrected chi connectivity index (χ4v) is 2.12. The lowest BCUT2D eigenvalue weighted by Crippen LogP contribution is -2.14. The van der Waals surface area contributed by atoms with Gasteiger partial charge in [-0.1, -0.05) is 12.1 Å². The number of alkyl halides is 3. The van der Waals surface area contributed by atoms with Crippen LogP contribution in [0.25, 0.3) is 0 Å². The molecule has 0 N–H and O–H groups in total. The molecule has 0 amide bonds. The number of ether oxygens (including phenoxy) is 1. The highest BCUT2D eigenvalue weighted by Gasteiger charge is 2.35. The lowest BCUT2D eigenvalue weighted by Gasteiger charge is -2.17. The summed E-state index contributed by atoms with van der Waals surface area (Å²) >= 11 is 0. The minimum absolute atomic E-state index is 0.0712. The SMILES string of the molecule is CCN(C)C=Nc1cc(C(F)(F)F)c(Oc2ccccc2C#N)cc1C. The van der Waals surface area contributed by atoms with Gasteiger partial charge in [-0.3, -0.25) is 0 Å². The lowest BCUT2D eigenvalue weighted by molar-refractivity contribution is -0.138. The number of para-hydroxylation sites is 1. The van der Waals surface area contributed by atoms with Crippen molar-refractivity contribution in [3.8, 4) is 17.6 Å². The first-order valence-corrected chi connectivity index (χ1v) is 7.89. The summed E-state index contributed by atoms with van der Waals surface area (Å²) in [6.07, 6.45) is -3.14. The Kier molecular flexibility index (Phi) is 5.88. The van der Waals surface area contributed by atoms with Crippen LogP contribution in [0.2, 0.25) is 0 Å². The molecule has 0 spiro atoms. The predicted octanol–water partition coefficient (Wildman–Crippen LogP) is 5.29. The van der Waals surface area contributed by atoms with Gasteiger partial charge in [0.1, 0.15) is 23.1 Å². The van der Waals surface area contributed by atoms with Crippen molar-refractivity contribution < 1.29 is 17.9 Å². The van der Waals surface area contributed by atoms with Gasteiger partial charge in [0.25, 0.3) is 0 Å². The van der Waals surface area contributed by atoms with Crippen molar-refractivity contribution in [2.24, 2.45) is 4.99 Å². The van der Waals surface area contributed by atoms with Crippen LogP contribution >= 0.6 is 0 Å². The molecule has 0 aliphatic rings. The molecule has 0 saturated carbocycles. The van der Waals surface area contributed by atoms with Crippen molar-refractivity contribution in [2.75, 3.05) is 13.6 Å². The van der Waals surface area contributed by atoms with Crippen LogP contribution in [0, 0.1) is 18.3 Å². The third kappa shape index (κ3) is 4.54. The van der Waals surface area contributed by atoms with Crippen molar-refractivity contribution in [1.29, 1.82) is 5.26 Å². The highest BCUT2D eigenvalue weighted by Crippen LogP contribution is 2.42. The molecule has 0 atom stereocenters. The van der Waals surface area contributed by atoms with Gasteiger partial charge in [0.05, 0.1) is 17.6 Å². The Balaban J connectivity index is 2.51. The van der Waals surface area contributed by atoms with Gasteiger partial charge in [-0.25, -0.2) is 4.99 Å². The maximum Gasteiger partial charge on any atom is 0.420 e. The number of aryl methyl sites for hydroxylation is 1. The van der Waals surface area contributed by atoms with E-state index in [0.717, 1.165) is 6.07 Å². The summed E-state index contributed by atoms with van der Waals surface area (Å²) in [4.78, 5) is 5.88. The van der Waals surface area contributed by atoms with E-state index in [-0.39, 0.29) is 22.7 Å². The van der Waals surface area contributed by atoms with Gasteiger partial charge in [0.15, 0.2) is 0 Å². The average molecular weight is 361 g/mol. The molecule has 136 valence electrons. The maximum absolute atomic E-state index is 13.5. The quantitative estimate of drug-likeness (QED) is 0.537. The Hall–Kier alpha value is -3.01. The summed E-state index contributed by atoms with van der Waals surface area (Å²) < 4.78 is 45.9. The van der Waals surface area contributed by atoms with E-state index in [1.54, 1.807) is 31.0 Å². The first kappa shape index (κ1) is 19.3. The van der Waals surface area contributed by atoms with Crippen molar-refractivity contribution in [3.05, 3.63) is 53.1 Å². The summed E-state index contributed by atoms with van der Waals surface area (Å²) in [5, 5.41) is 9.09. The van der Waals surface area contributed by atoms with E-state index < -0.39 is 11.7 Å². The van der Waals surface area contributed by atoms with E-state index in [4.69, 9.17) is 10.00 Å².